The number of ether oxygens (including phenoxy) is 2. The van der Waals surface area contributed by atoms with Crippen LogP contribution in [-0.4, -0.2) is 40.2 Å². The lowest BCUT2D eigenvalue weighted by Gasteiger charge is -2.20. The Morgan fingerprint density at radius 3 is 2.53 bits per heavy atom. The average molecular weight is 505 g/mol. The van der Waals surface area contributed by atoms with Gasteiger partial charge >= 0.3 is 0 Å². The quantitative estimate of drug-likeness (QED) is 0.266. The maximum absolute atomic E-state index is 12.7. The second-order valence-corrected chi connectivity index (χ2v) is 9.80. The van der Waals surface area contributed by atoms with Crippen LogP contribution in [0.5, 0.6) is 11.5 Å². The second-order valence-electron chi connectivity index (χ2n) is 8.76. The number of nitrogens with zero attached hydrogens (tertiary/aromatic N) is 3. The van der Waals surface area contributed by atoms with Crippen molar-refractivity contribution in [3.05, 3.63) is 65.2 Å². The molecule has 0 bridgehead atoms. The summed E-state index contributed by atoms with van der Waals surface area (Å²) in [6.07, 6.45) is 8.42. The number of hydrazone groups is 1. The zero-order valence-corrected chi connectivity index (χ0v) is 21.6. The fraction of sp³-hybridized carbons (Fsp3) is 0.357. The number of hydrogen-bond acceptors (Lipinski definition) is 6. The number of aliphatic imine (C=N–C) groups is 1. The Bertz CT molecular complexity index is 1190. The molecule has 0 unspecified atom stereocenters. The third-order valence-electron chi connectivity index (χ3n) is 5.80. The summed E-state index contributed by atoms with van der Waals surface area (Å²) in [6, 6.07) is 15.3. The number of aryl methyl sites for hydroxylation is 1. The van der Waals surface area contributed by atoms with Gasteiger partial charge in [0.05, 0.1) is 5.57 Å². The first kappa shape index (κ1) is 25.7. The van der Waals surface area contributed by atoms with E-state index in [0.717, 1.165) is 35.6 Å². The van der Waals surface area contributed by atoms with E-state index in [1.54, 1.807) is 6.08 Å². The molecule has 7 nitrogen and oxygen atoms in total. The van der Waals surface area contributed by atoms with Gasteiger partial charge in [0.1, 0.15) is 29.8 Å². The molecule has 2 aromatic carbocycles. The van der Waals surface area contributed by atoms with Crippen molar-refractivity contribution in [3.8, 4) is 11.5 Å². The van der Waals surface area contributed by atoms with E-state index in [9.17, 15) is 4.79 Å². The van der Waals surface area contributed by atoms with Crippen molar-refractivity contribution in [1.29, 1.82) is 5.41 Å². The zero-order chi connectivity index (χ0) is 25.3. The number of benzene rings is 2. The number of amidine groups is 2. The highest BCUT2D eigenvalue weighted by Crippen LogP contribution is 2.30. The Morgan fingerprint density at radius 2 is 1.75 bits per heavy atom. The number of thioether (sulfide) groups is 1. The molecule has 0 saturated carbocycles. The molecule has 4 rings (SSSR count). The van der Waals surface area contributed by atoms with Gasteiger partial charge in [-0.3, -0.25) is 10.2 Å². The predicted molar refractivity (Wildman–Crippen MR) is 147 cm³/mol. The Labute approximate surface area is 216 Å². The van der Waals surface area contributed by atoms with E-state index >= 15 is 0 Å². The fourth-order valence-corrected chi connectivity index (χ4v) is 4.75. The molecule has 0 aromatic heterocycles. The minimum Gasteiger partial charge on any atom is -0.490 e. The summed E-state index contributed by atoms with van der Waals surface area (Å²) >= 11 is 1.39. The highest BCUT2D eigenvalue weighted by Gasteiger charge is 2.35. The smallest absolute Gasteiger partial charge is 0.283 e. The van der Waals surface area contributed by atoms with Crippen molar-refractivity contribution < 1.29 is 14.3 Å². The number of carbonyl (C=O) groups is 1. The molecule has 2 aliphatic rings. The van der Waals surface area contributed by atoms with Crippen LogP contribution in [0.15, 0.2) is 64.2 Å². The normalized spacial score (nSPS) is 16.2. The fourth-order valence-electron chi connectivity index (χ4n) is 3.83. The number of fused-ring (bicyclic) bond motifs is 1. The number of amides is 1. The highest BCUT2D eigenvalue weighted by molar-refractivity contribution is 8.26. The van der Waals surface area contributed by atoms with Crippen LogP contribution in [0.25, 0.3) is 6.08 Å². The summed E-state index contributed by atoms with van der Waals surface area (Å²) in [4.78, 5) is 16.9. The largest absolute Gasteiger partial charge is 0.490 e. The molecule has 0 aliphatic carbocycles. The van der Waals surface area contributed by atoms with Gasteiger partial charge in [0.15, 0.2) is 5.84 Å². The molecule has 8 heteroatoms. The average Bonchev–Trinajstić information content (AvgIpc) is 3.28. The van der Waals surface area contributed by atoms with Gasteiger partial charge in [-0.05, 0) is 67.4 Å². The van der Waals surface area contributed by atoms with Crippen molar-refractivity contribution in [2.45, 2.75) is 52.4 Å². The number of hydrogen-bond donors (Lipinski definition) is 1. The SMILES string of the molecule is CCCCCCCC1=NN2C(=N)/C(=C/c3cccc(OCCOc4ccc(C)cc4)c3)C(=O)N=C2S1. The van der Waals surface area contributed by atoms with Gasteiger partial charge in [0, 0.05) is 0 Å². The molecule has 1 N–H and O–H groups in total. The molecule has 0 atom stereocenters. The molecule has 188 valence electrons. The van der Waals surface area contributed by atoms with Gasteiger partial charge < -0.3 is 9.47 Å². The number of carbonyl (C=O) groups excluding carboxylic acids is 1. The van der Waals surface area contributed by atoms with E-state index in [4.69, 9.17) is 14.9 Å². The van der Waals surface area contributed by atoms with E-state index in [2.05, 4.69) is 17.0 Å². The van der Waals surface area contributed by atoms with Gasteiger partial charge in [0.2, 0.25) is 5.17 Å². The third kappa shape index (κ3) is 6.85. The Morgan fingerprint density at radius 1 is 1.00 bits per heavy atom. The molecular formula is C28H32N4O3S. The minimum absolute atomic E-state index is 0.0521. The predicted octanol–water partition coefficient (Wildman–Crippen LogP) is 6.43. The summed E-state index contributed by atoms with van der Waals surface area (Å²) in [6.45, 7) is 5.04. The molecule has 2 aliphatic heterocycles. The number of unbranched alkanes of at least 4 members (excludes halogenated alkanes) is 4. The zero-order valence-electron chi connectivity index (χ0n) is 20.8. The lowest BCUT2D eigenvalue weighted by Crippen LogP contribution is -2.35. The Balaban J connectivity index is 1.34. The molecule has 2 heterocycles. The topological polar surface area (TPSA) is 87.3 Å². The number of rotatable bonds is 12. The standard InChI is InChI=1S/C28H32N4O3S/c1-3-4-5-6-7-11-25-31-32-26(29)24(27(33)30-28(32)36-25)19-21-9-8-10-23(18-21)35-17-16-34-22-14-12-20(2)13-15-22/h8-10,12-15,18-19,29H,3-7,11,16-17H2,1-2H3/b24-19-,29-26?. The summed E-state index contributed by atoms with van der Waals surface area (Å²) in [5.74, 6) is 1.10. The summed E-state index contributed by atoms with van der Waals surface area (Å²) < 4.78 is 11.5. The van der Waals surface area contributed by atoms with Crippen LogP contribution < -0.4 is 9.47 Å². The van der Waals surface area contributed by atoms with Crippen molar-refractivity contribution in [2.75, 3.05) is 13.2 Å². The highest BCUT2D eigenvalue weighted by atomic mass is 32.2. The van der Waals surface area contributed by atoms with Crippen LogP contribution in [0.4, 0.5) is 0 Å². The van der Waals surface area contributed by atoms with Gasteiger partial charge in [-0.1, -0.05) is 62.4 Å². The van der Waals surface area contributed by atoms with Crippen molar-refractivity contribution in [1.82, 2.24) is 5.01 Å². The van der Waals surface area contributed by atoms with Crippen LogP contribution >= 0.6 is 11.8 Å². The lowest BCUT2D eigenvalue weighted by molar-refractivity contribution is -0.114. The molecule has 2 aromatic rings. The van der Waals surface area contributed by atoms with E-state index in [0.29, 0.717) is 24.1 Å². The second kappa shape index (κ2) is 12.5. The van der Waals surface area contributed by atoms with Gasteiger partial charge in [-0.15, -0.1) is 0 Å². The van der Waals surface area contributed by atoms with E-state index in [1.165, 1.54) is 41.6 Å². The minimum atomic E-state index is -0.420. The van der Waals surface area contributed by atoms with Crippen LogP contribution in [0, 0.1) is 12.3 Å². The summed E-state index contributed by atoms with van der Waals surface area (Å²) in [7, 11) is 0. The molecule has 0 radical (unpaired) electrons. The van der Waals surface area contributed by atoms with Gasteiger partial charge in [-0.2, -0.15) is 15.1 Å². The maximum atomic E-state index is 12.7. The maximum Gasteiger partial charge on any atom is 0.283 e. The summed E-state index contributed by atoms with van der Waals surface area (Å²) in [5, 5.41) is 16.0. The molecule has 36 heavy (non-hydrogen) atoms. The van der Waals surface area contributed by atoms with Crippen LogP contribution in [0.2, 0.25) is 0 Å². The van der Waals surface area contributed by atoms with Gasteiger partial charge in [-0.25, -0.2) is 0 Å². The van der Waals surface area contributed by atoms with Gasteiger partial charge in [0.25, 0.3) is 5.91 Å². The Hall–Kier alpha value is -3.39. The number of nitrogens with one attached hydrogen (secondary N) is 1. The van der Waals surface area contributed by atoms with E-state index < -0.39 is 5.91 Å². The van der Waals surface area contributed by atoms with Crippen LogP contribution in [0.1, 0.15) is 56.6 Å². The first-order chi connectivity index (χ1) is 17.5. The van der Waals surface area contributed by atoms with Crippen molar-refractivity contribution in [2.24, 2.45) is 10.1 Å². The van der Waals surface area contributed by atoms with E-state index in [1.807, 2.05) is 55.5 Å². The molecule has 0 fully saturated rings. The summed E-state index contributed by atoms with van der Waals surface area (Å²) in [5.41, 5.74) is 2.15. The van der Waals surface area contributed by atoms with Crippen LogP contribution in [-0.2, 0) is 4.79 Å². The Kier molecular flexibility index (Phi) is 8.95. The monoisotopic (exact) mass is 504 g/mol. The first-order valence-corrected chi connectivity index (χ1v) is 13.3. The van der Waals surface area contributed by atoms with E-state index in [-0.39, 0.29) is 11.4 Å². The first-order valence-electron chi connectivity index (χ1n) is 12.4. The molecule has 0 spiro atoms. The van der Waals surface area contributed by atoms with Crippen molar-refractivity contribution >= 4 is 39.8 Å². The van der Waals surface area contributed by atoms with Crippen LogP contribution in [0.3, 0.4) is 0 Å². The van der Waals surface area contributed by atoms with Crippen molar-refractivity contribution in [3.63, 3.8) is 0 Å². The lowest BCUT2D eigenvalue weighted by atomic mass is 10.1. The molecular weight excluding hydrogens is 472 g/mol. The third-order valence-corrected chi connectivity index (χ3v) is 6.77. The molecule has 0 saturated heterocycles. The molecule has 1 amide bonds.